The smallest absolute Gasteiger partial charge is 0.357 e. The molecule has 0 bridgehead atoms. The average Bonchev–Trinajstić information content (AvgIpc) is 2.74. The largest absolute Gasteiger partial charge is 0.464 e. The van der Waals surface area contributed by atoms with E-state index in [2.05, 4.69) is 31.0 Å². The molecule has 2 aromatic rings. The topological polar surface area (TPSA) is 51.2 Å². The summed E-state index contributed by atoms with van der Waals surface area (Å²) in [6, 6.07) is 4.65. The monoisotopic (exact) mass is 344 g/mol. The van der Waals surface area contributed by atoms with E-state index in [0.717, 1.165) is 0 Å². The van der Waals surface area contributed by atoms with Gasteiger partial charge in [-0.3, -0.25) is 0 Å². The van der Waals surface area contributed by atoms with E-state index in [1.807, 2.05) is 0 Å². The van der Waals surface area contributed by atoms with Gasteiger partial charge >= 0.3 is 5.97 Å². The van der Waals surface area contributed by atoms with Crippen LogP contribution in [0, 0.1) is 12.7 Å². The van der Waals surface area contributed by atoms with Crippen LogP contribution in [0.2, 0.25) is 0 Å². The van der Waals surface area contributed by atoms with Gasteiger partial charge in [-0.2, -0.15) is 0 Å². The number of thiazole rings is 1. The zero-order valence-corrected chi connectivity index (χ0v) is 12.6. The molecule has 1 aromatic heterocycles. The highest BCUT2D eigenvalue weighted by Gasteiger charge is 2.17. The van der Waals surface area contributed by atoms with E-state index >= 15 is 0 Å². The maximum absolute atomic E-state index is 13.7. The van der Waals surface area contributed by atoms with E-state index in [0.29, 0.717) is 14.5 Å². The second-order valence-electron chi connectivity index (χ2n) is 3.64. The first-order valence-electron chi connectivity index (χ1n) is 5.29. The summed E-state index contributed by atoms with van der Waals surface area (Å²) in [5.41, 5.74) is 0.523. The Morgan fingerprint density at radius 1 is 1.53 bits per heavy atom. The Bertz CT molecular complexity index is 610. The van der Waals surface area contributed by atoms with Gasteiger partial charge in [0.1, 0.15) is 5.82 Å². The Morgan fingerprint density at radius 3 is 2.89 bits per heavy atom. The summed E-state index contributed by atoms with van der Waals surface area (Å²) in [5.74, 6) is -0.906. The molecule has 0 atom stereocenters. The maximum Gasteiger partial charge on any atom is 0.357 e. The van der Waals surface area contributed by atoms with Crippen LogP contribution in [-0.4, -0.2) is 18.1 Å². The Labute approximate surface area is 121 Å². The molecule has 0 spiro atoms. The fourth-order valence-electron chi connectivity index (χ4n) is 1.46. The zero-order chi connectivity index (χ0) is 14.0. The van der Waals surface area contributed by atoms with Crippen LogP contribution in [0.4, 0.5) is 15.2 Å². The molecule has 1 N–H and O–H groups in total. The minimum absolute atomic E-state index is 0.238. The van der Waals surface area contributed by atoms with Gasteiger partial charge in [0.2, 0.25) is 0 Å². The number of hydrogen-bond acceptors (Lipinski definition) is 5. The van der Waals surface area contributed by atoms with Gasteiger partial charge < -0.3 is 10.1 Å². The lowest BCUT2D eigenvalue weighted by molar-refractivity contribution is 0.0594. The second kappa shape index (κ2) is 5.66. The molecule has 7 heteroatoms. The molecule has 0 aliphatic carbocycles. The molecule has 0 saturated carbocycles. The molecule has 100 valence electrons. The summed E-state index contributed by atoms with van der Waals surface area (Å²) in [5, 5.41) is 3.29. The normalized spacial score (nSPS) is 10.3. The minimum Gasteiger partial charge on any atom is -0.464 e. The van der Waals surface area contributed by atoms with Gasteiger partial charge in [0.25, 0.3) is 0 Å². The molecule has 2 rings (SSSR count). The predicted octanol–water partition coefficient (Wildman–Crippen LogP) is 3.88. The van der Waals surface area contributed by atoms with E-state index in [1.165, 1.54) is 24.5 Å². The number of nitrogens with zero attached hydrogens (tertiary/aromatic N) is 1. The van der Waals surface area contributed by atoms with Crippen molar-refractivity contribution in [3.05, 3.63) is 39.1 Å². The number of ether oxygens (including phenoxy) is 1. The summed E-state index contributed by atoms with van der Waals surface area (Å²) < 4.78 is 18.9. The number of nitrogens with one attached hydrogen (secondary N) is 1. The van der Waals surface area contributed by atoms with Crippen molar-refractivity contribution < 1.29 is 13.9 Å². The lowest BCUT2D eigenvalue weighted by Crippen LogP contribution is -2.03. The van der Waals surface area contributed by atoms with Gasteiger partial charge in [0.05, 0.1) is 12.8 Å². The van der Waals surface area contributed by atoms with Crippen molar-refractivity contribution >= 4 is 44.1 Å². The van der Waals surface area contributed by atoms with Crippen molar-refractivity contribution in [2.75, 3.05) is 12.4 Å². The van der Waals surface area contributed by atoms with Crippen LogP contribution in [-0.2, 0) is 4.74 Å². The average molecular weight is 345 g/mol. The van der Waals surface area contributed by atoms with Crippen LogP contribution >= 0.6 is 27.3 Å². The molecule has 1 heterocycles. The van der Waals surface area contributed by atoms with Crippen LogP contribution in [0.3, 0.4) is 0 Å². The molecular formula is C12H10BrFN2O2S. The number of carbonyl (C=O) groups excluding carboxylic acids is 1. The van der Waals surface area contributed by atoms with Gasteiger partial charge in [0.15, 0.2) is 10.8 Å². The van der Waals surface area contributed by atoms with E-state index in [9.17, 15) is 9.18 Å². The first kappa shape index (κ1) is 14.0. The van der Waals surface area contributed by atoms with Gasteiger partial charge in [-0.1, -0.05) is 6.07 Å². The van der Waals surface area contributed by atoms with Gasteiger partial charge in [-0.15, -0.1) is 11.3 Å². The Balaban J connectivity index is 2.32. The molecule has 0 radical (unpaired) electrons. The lowest BCUT2D eigenvalue weighted by Gasteiger charge is -2.06. The highest BCUT2D eigenvalue weighted by molar-refractivity contribution is 9.10. The third-order valence-electron chi connectivity index (χ3n) is 2.37. The number of benzene rings is 1. The van der Waals surface area contributed by atoms with E-state index in [4.69, 9.17) is 0 Å². The molecule has 0 aliphatic heterocycles. The van der Waals surface area contributed by atoms with Crippen molar-refractivity contribution in [2.45, 2.75) is 6.92 Å². The van der Waals surface area contributed by atoms with Crippen LogP contribution in [0.5, 0.6) is 0 Å². The number of anilines is 2. The molecule has 4 nitrogen and oxygen atoms in total. The summed E-state index contributed by atoms with van der Waals surface area (Å²) in [6.07, 6.45) is 0. The fourth-order valence-corrected chi connectivity index (χ4v) is 2.71. The highest BCUT2D eigenvalue weighted by atomic mass is 79.9. The number of esters is 1. The molecule has 0 saturated heterocycles. The predicted molar refractivity (Wildman–Crippen MR) is 75.6 cm³/mol. The molecule has 0 unspecified atom stereocenters. The minimum atomic E-state index is -0.505. The Kier molecular flexibility index (Phi) is 4.16. The summed E-state index contributed by atoms with van der Waals surface area (Å²) in [7, 11) is 1.29. The van der Waals surface area contributed by atoms with Gasteiger partial charge in [0, 0.05) is 9.35 Å². The first-order valence-corrected chi connectivity index (χ1v) is 6.90. The van der Waals surface area contributed by atoms with E-state index < -0.39 is 11.8 Å². The highest BCUT2D eigenvalue weighted by Crippen LogP contribution is 2.31. The third-order valence-corrected chi connectivity index (χ3v) is 3.92. The maximum atomic E-state index is 13.7. The summed E-state index contributed by atoms with van der Waals surface area (Å²) in [6.45, 7) is 1.76. The Hall–Kier alpha value is -1.47. The molecule has 0 aliphatic rings. The number of methoxy groups -OCH3 is 1. The van der Waals surface area contributed by atoms with Crippen molar-refractivity contribution in [2.24, 2.45) is 0 Å². The number of para-hydroxylation sites is 1. The molecule has 19 heavy (non-hydrogen) atoms. The van der Waals surface area contributed by atoms with Crippen molar-refractivity contribution in [3.63, 3.8) is 0 Å². The number of carbonyl (C=O) groups is 1. The van der Waals surface area contributed by atoms with Gasteiger partial charge in [-0.25, -0.2) is 14.2 Å². The number of aryl methyl sites for hydroxylation is 1. The van der Waals surface area contributed by atoms with E-state index in [1.54, 1.807) is 19.1 Å². The molecule has 0 amide bonds. The van der Waals surface area contributed by atoms with Crippen LogP contribution in [0.15, 0.2) is 22.7 Å². The summed E-state index contributed by atoms with van der Waals surface area (Å²) >= 11 is 4.51. The number of hydrogen-bond donors (Lipinski definition) is 1. The van der Waals surface area contributed by atoms with Crippen molar-refractivity contribution in [1.29, 1.82) is 0 Å². The van der Waals surface area contributed by atoms with Crippen molar-refractivity contribution in [1.82, 2.24) is 4.98 Å². The molecular weight excluding hydrogens is 335 g/mol. The number of aromatic nitrogens is 1. The zero-order valence-electron chi connectivity index (χ0n) is 10.2. The van der Waals surface area contributed by atoms with E-state index in [-0.39, 0.29) is 11.4 Å². The van der Waals surface area contributed by atoms with Crippen LogP contribution < -0.4 is 5.32 Å². The molecule has 0 fully saturated rings. The Morgan fingerprint density at radius 2 is 2.26 bits per heavy atom. The van der Waals surface area contributed by atoms with Gasteiger partial charge in [-0.05, 0) is 35.0 Å². The fraction of sp³-hybridized carbons (Fsp3) is 0.167. The van der Waals surface area contributed by atoms with Crippen LogP contribution in [0.1, 0.15) is 15.4 Å². The SMILES string of the molecule is COC(=O)c1nc(Nc2c(F)cccc2Br)sc1C. The number of halogens is 2. The second-order valence-corrected chi connectivity index (χ2v) is 5.69. The van der Waals surface area contributed by atoms with Crippen LogP contribution in [0.25, 0.3) is 0 Å². The first-order chi connectivity index (χ1) is 9.02. The quantitative estimate of drug-likeness (QED) is 0.858. The standard InChI is InChI=1S/C12H10BrFN2O2S/c1-6-9(11(17)18-2)15-12(19-6)16-10-7(13)4-3-5-8(10)14/h3-5H,1-2H3,(H,15,16). The molecule has 1 aromatic carbocycles. The summed E-state index contributed by atoms with van der Waals surface area (Å²) in [4.78, 5) is 16.3. The van der Waals surface area contributed by atoms with Crippen molar-refractivity contribution in [3.8, 4) is 0 Å². The third kappa shape index (κ3) is 2.93. The lowest BCUT2D eigenvalue weighted by atomic mass is 10.3. The number of rotatable bonds is 3.